The molecule has 0 saturated heterocycles. The second kappa shape index (κ2) is 9.58. The molecular weight excluding hydrogens is 384 g/mol. The van der Waals surface area contributed by atoms with Gasteiger partial charge in [-0.1, -0.05) is 76.2 Å². The van der Waals surface area contributed by atoms with Gasteiger partial charge in [0.1, 0.15) is 0 Å². The van der Waals surface area contributed by atoms with Crippen LogP contribution in [0.5, 0.6) is 0 Å². The SMILES string of the molecule is CC.CC.CS(=O)(=O)[O-].c1cc2c3c(cccc3c1)-c1nc3ccccc3nc1-2. The first-order valence-corrected chi connectivity index (χ1v) is 11.4. The number of para-hydroxylation sites is 2. The summed E-state index contributed by atoms with van der Waals surface area (Å²) in [4.78, 5) is 9.67. The third kappa shape index (κ3) is 4.96. The summed E-state index contributed by atoms with van der Waals surface area (Å²) in [5.74, 6) is 0. The molecule has 1 heterocycles. The van der Waals surface area contributed by atoms with Gasteiger partial charge in [0.15, 0.2) is 0 Å². The summed E-state index contributed by atoms with van der Waals surface area (Å²) < 4.78 is 27.2. The highest BCUT2D eigenvalue weighted by Crippen LogP contribution is 2.45. The van der Waals surface area contributed by atoms with Gasteiger partial charge in [-0.3, -0.25) is 0 Å². The van der Waals surface area contributed by atoms with Crippen molar-refractivity contribution in [3.8, 4) is 22.5 Å². The van der Waals surface area contributed by atoms with Crippen LogP contribution < -0.4 is 0 Å². The Balaban J connectivity index is 0.000000291. The minimum Gasteiger partial charge on any atom is -0.748 e. The first kappa shape index (κ1) is 22.5. The van der Waals surface area contributed by atoms with Gasteiger partial charge in [-0.25, -0.2) is 18.4 Å². The first-order valence-electron chi connectivity index (χ1n) is 9.62. The summed E-state index contributed by atoms with van der Waals surface area (Å²) in [5.41, 5.74) is 6.33. The van der Waals surface area contributed by atoms with Gasteiger partial charge in [0.05, 0.1) is 32.5 Å². The molecule has 1 aliphatic carbocycles. The second-order valence-electron chi connectivity index (χ2n) is 5.82. The highest BCUT2D eigenvalue weighted by Gasteiger charge is 2.23. The maximum atomic E-state index is 9.08. The largest absolute Gasteiger partial charge is 0.748 e. The molecule has 29 heavy (non-hydrogen) atoms. The summed E-state index contributed by atoms with van der Waals surface area (Å²) in [7, 11) is -3.92. The van der Waals surface area contributed by atoms with Crippen LogP contribution in [0.1, 0.15) is 27.7 Å². The number of nitrogens with zero attached hydrogens (tertiary/aromatic N) is 2. The lowest BCUT2D eigenvalue weighted by Crippen LogP contribution is -1.89. The molecule has 0 spiro atoms. The Morgan fingerprint density at radius 2 is 1.07 bits per heavy atom. The smallest absolute Gasteiger partial charge is 0.0979 e. The van der Waals surface area contributed by atoms with E-state index in [0.29, 0.717) is 6.26 Å². The fourth-order valence-electron chi connectivity index (χ4n) is 3.11. The van der Waals surface area contributed by atoms with E-state index in [1.165, 1.54) is 21.9 Å². The van der Waals surface area contributed by atoms with Crippen LogP contribution in [-0.2, 0) is 10.1 Å². The van der Waals surface area contributed by atoms with Crippen LogP contribution in [0.3, 0.4) is 0 Å². The molecule has 1 aromatic heterocycles. The Labute approximate surface area is 172 Å². The van der Waals surface area contributed by atoms with Gasteiger partial charge in [0.25, 0.3) is 0 Å². The number of hydrogen-bond acceptors (Lipinski definition) is 5. The number of hydrogen-bond donors (Lipinski definition) is 0. The molecule has 1 aliphatic rings. The number of rotatable bonds is 0. The van der Waals surface area contributed by atoms with Crippen molar-refractivity contribution >= 4 is 31.9 Å². The Morgan fingerprint density at radius 1 is 0.690 bits per heavy atom. The highest BCUT2D eigenvalue weighted by atomic mass is 32.2. The van der Waals surface area contributed by atoms with E-state index in [1.54, 1.807) is 0 Å². The average molecular weight is 410 g/mol. The highest BCUT2D eigenvalue weighted by molar-refractivity contribution is 7.84. The molecule has 3 aromatic carbocycles. The van der Waals surface area contributed by atoms with Crippen LogP contribution in [0.15, 0.2) is 60.7 Å². The molecule has 5 nitrogen and oxygen atoms in total. The molecule has 0 saturated carbocycles. The molecule has 4 aromatic rings. The monoisotopic (exact) mass is 409 g/mol. The van der Waals surface area contributed by atoms with Crippen LogP contribution in [0.4, 0.5) is 0 Å². The van der Waals surface area contributed by atoms with Crippen molar-refractivity contribution in [3.05, 3.63) is 60.7 Å². The molecule has 5 rings (SSSR count). The minimum atomic E-state index is -3.92. The van der Waals surface area contributed by atoms with Crippen molar-refractivity contribution in [1.82, 2.24) is 9.97 Å². The van der Waals surface area contributed by atoms with E-state index >= 15 is 0 Å². The normalized spacial score (nSPS) is 10.7. The second-order valence-corrected chi connectivity index (χ2v) is 7.23. The van der Waals surface area contributed by atoms with Crippen LogP contribution in [0, 0.1) is 0 Å². The minimum absolute atomic E-state index is 0.604. The van der Waals surface area contributed by atoms with Gasteiger partial charge >= 0.3 is 0 Å². The lowest BCUT2D eigenvalue weighted by atomic mass is 10.0. The predicted octanol–water partition coefficient (Wildman–Crippen LogP) is 5.64. The lowest BCUT2D eigenvalue weighted by molar-refractivity contribution is 0.470. The van der Waals surface area contributed by atoms with E-state index in [1.807, 2.05) is 52.0 Å². The van der Waals surface area contributed by atoms with Gasteiger partial charge in [-0.15, -0.1) is 0 Å². The van der Waals surface area contributed by atoms with Gasteiger partial charge < -0.3 is 4.55 Å². The van der Waals surface area contributed by atoms with Crippen molar-refractivity contribution < 1.29 is 13.0 Å². The number of benzene rings is 3. The zero-order valence-electron chi connectivity index (χ0n) is 17.3. The van der Waals surface area contributed by atoms with Crippen molar-refractivity contribution in [2.24, 2.45) is 0 Å². The average Bonchev–Trinajstić information content (AvgIpc) is 3.04. The van der Waals surface area contributed by atoms with Gasteiger partial charge in [0, 0.05) is 22.8 Å². The van der Waals surface area contributed by atoms with Crippen molar-refractivity contribution in [2.75, 3.05) is 6.26 Å². The predicted molar refractivity (Wildman–Crippen MR) is 120 cm³/mol. The van der Waals surface area contributed by atoms with Crippen LogP contribution in [0.25, 0.3) is 44.3 Å². The quantitative estimate of drug-likeness (QED) is 0.309. The van der Waals surface area contributed by atoms with Gasteiger partial charge in [-0.2, -0.15) is 0 Å². The van der Waals surface area contributed by atoms with E-state index in [9.17, 15) is 0 Å². The van der Waals surface area contributed by atoms with Gasteiger partial charge in [0.2, 0.25) is 0 Å². The van der Waals surface area contributed by atoms with E-state index in [0.717, 1.165) is 22.4 Å². The van der Waals surface area contributed by atoms with Crippen LogP contribution >= 0.6 is 0 Å². The Kier molecular flexibility index (Phi) is 7.42. The summed E-state index contributed by atoms with van der Waals surface area (Å²) in [5, 5.41) is 2.53. The molecule has 0 aliphatic heterocycles. The van der Waals surface area contributed by atoms with Gasteiger partial charge in [-0.05, 0) is 17.5 Å². The zero-order valence-corrected chi connectivity index (χ0v) is 18.1. The molecule has 0 atom stereocenters. The number of aromatic nitrogens is 2. The lowest BCUT2D eigenvalue weighted by Gasteiger charge is -2.02. The Morgan fingerprint density at radius 3 is 1.45 bits per heavy atom. The molecule has 0 fully saturated rings. The maximum Gasteiger partial charge on any atom is 0.0979 e. The van der Waals surface area contributed by atoms with Crippen molar-refractivity contribution in [1.29, 1.82) is 0 Å². The van der Waals surface area contributed by atoms with Crippen LogP contribution in [0.2, 0.25) is 0 Å². The van der Waals surface area contributed by atoms with Crippen LogP contribution in [-0.4, -0.2) is 29.2 Å². The molecule has 0 N–H and O–H groups in total. The standard InChI is InChI=1S/C18H10N2.2C2H6.CH4O3S/c1-2-10-15-14(9-1)19-17-12-7-3-5-11-6-4-8-13(16(11)12)18(17)20-15;2*1-2;1-5(2,3)4/h1-10H;2*1-2H3;1H3,(H,2,3,4)/p-1. The third-order valence-electron chi connectivity index (χ3n) is 3.99. The number of fused-ring (bicyclic) bond motifs is 4. The van der Waals surface area contributed by atoms with Crippen molar-refractivity contribution in [2.45, 2.75) is 27.7 Å². The summed E-state index contributed by atoms with van der Waals surface area (Å²) in [6.07, 6.45) is 0.604. The van der Waals surface area contributed by atoms with Crippen molar-refractivity contribution in [3.63, 3.8) is 0 Å². The molecule has 6 heteroatoms. The fourth-order valence-corrected chi connectivity index (χ4v) is 3.11. The van der Waals surface area contributed by atoms with E-state index in [4.69, 9.17) is 22.9 Å². The Bertz CT molecular complexity index is 1150. The van der Waals surface area contributed by atoms with E-state index in [-0.39, 0.29) is 0 Å². The topological polar surface area (TPSA) is 83.0 Å². The third-order valence-corrected chi connectivity index (χ3v) is 3.99. The summed E-state index contributed by atoms with van der Waals surface area (Å²) in [6.45, 7) is 8.00. The fraction of sp³-hybridized carbons (Fsp3) is 0.217. The summed E-state index contributed by atoms with van der Waals surface area (Å²) >= 11 is 0. The zero-order chi connectivity index (χ0) is 21.6. The Hall–Kier alpha value is -2.83. The first-order chi connectivity index (χ1) is 13.9. The van der Waals surface area contributed by atoms with E-state index < -0.39 is 10.1 Å². The molecular formula is C23H25N2O3S-. The molecule has 0 unspecified atom stereocenters. The summed E-state index contributed by atoms with van der Waals surface area (Å²) in [6, 6.07) is 20.8. The molecule has 152 valence electrons. The van der Waals surface area contributed by atoms with E-state index in [2.05, 4.69) is 36.4 Å². The maximum absolute atomic E-state index is 9.08. The molecule has 0 amide bonds. The molecule has 0 radical (unpaired) electrons. The molecule has 0 bridgehead atoms.